The molecule has 0 aromatic carbocycles. The Kier molecular flexibility index (Phi) is 4.03. The van der Waals surface area contributed by atoms with Gasteiger partial charge in [-0.25, -0.2) is 5.43 Å². The molecule has 1 fully saturated rings. The van der Waals surface area contributed by atoms with Crippen molar-refractivity contribution in [3.8, 4) is 0 Å². The molecule has 0 aromatic heterocycles. The molecule has 6 heteroatoms. The van der Waals surface area contributed by atoms with Crippen molar-refractivity contribution in [3.05, 3.63) is 33.4 Å². The molecule has 0 saturated carbocycles. The fourth-order valence-electron chi connectivity index (χ4n) is 4.04. The minimum atomic E-state index is -0.134. The van der Waals surface area contributed by atoms with Gasteiger partial charge in [-0.15, -0.1) is 11.8 Å². The van der Waals surface area contributed by atoms with Crippen molar-refractivity contribution in [3.63, 3.8) is 0 Å². The first-order chi connectivity index (χ1) is 10.7. The first-order valence-corrected chi connectivity index (χ1v) is 9.32. The Morgan fingerprint density at radius 3 is 3.14 bits per heavy atom. The van der Waals surface area contributed by atoms with Crippen LogP contribution in [0.15, 0.2) is 33.4 Å². The van der Waals surface area contributed by atoms with Crippen molar-refractivity contribution in [1.29, 1.82) is 0 Å². The molecule has 4 rings (SSSR count). The Morgan fingerprint density at radius 1 is 1.41 bits per heavy atom. The summed E-state index contributed by atoms with van der Waals surface area (Å²) in [5, 5.41) is 4.70. The Balaban J connectivity index is 1.68. The molecule has 3 N–H and O–H groups in total. The molecule has 4 aliphatic heterocycles. The zero-order valence-electron chi connectivity index (χ0n) is 12.7. The summed E-state index contributed by atoms with van der Waals surface area (Å²) < 4.78 is 6.41. The molecule has 4 nitrogen and oxygen atoms in total. The van der Waals surface area contributed by atoms with Crippen LogP contribution in [0.2, 0.25) is 0 Å². The lowest BCUT2D eigenvalue weighted by atomic mass is 9.78. The third-order valence-corrected chi connectivity index (χ3v) is 6.68. The van der Waals surface area contributed by atoms with Crippen molar-refractivity contribution >= 4 is 23.4 Å². The van der Waals surface area contributed by atoms with Gasteiger partial charge in [-0.05, 0) is 37.0 Å². The molecule has 0 aliphatic carbocycles. The van der Waals surface area contributed by atoms with Crippen LogP contribution in [0.3, 0.4) is 0 Å². The van der Waals surface area contributed by atoms with E-state index in [9.17, 15) is 0 Å². The Hall–Kier alpha value is -0.460. The van der Waals surface area contributed by atoms with Gasteiger partial charge < -0.3 is 15.5 Å². The number of piperidine rings is 1. The molecule has 3 atom stereocenters. The maximum atomic E-state index is 6.41. The standard InChI is InChI=1S/C16H22ClN3OS/c1-10-5-16(6-14(20-10)12-7-18-19-8-12)15-11(2-3-21-16)4-13(17)9-22-15/h4,7,10,14,18-20H,2-3,5-6,8-9H2,1H3/t10-,14-,16-/m0/s1. The van der Waals surface area contributed by atoms with Crippen LogP contribution in [0, 0.1) is 0 Å². The van der Waals surface area contributed by atoms with E-state index >= 15 is 0 Å². The molecule has 0 amide bonds. The van der Waals surface area contributed by atoms with Crippen molar-refractivity contribution in [2.45, 2.75) is 43.9 Å². The molecule has 0 aromatic rings. The molecule has 22 heavy (non-hydrogen) atoms. The lowest BCUT2D eigenvalue weighted by Gasteiger charge is -2.48. The fraction of sp³-hybridized carbons (Fsp3) is 0.625. The quantitative estimate of drug-likeness (QED) is 0.684. The van der Waals surface area contributed by atoms with E-state index in [1.54, 1.807) is 0 Å². The highest BCUT2D eigenvalue weighted by Crippen LogP contribution is 2.49. The number of allylic oxidation sites excluding steroid dienone is 1. The number of hydrogen-bond acceptors (Lipinski definition) is 5. The predicted octanol–water partition coefficient (Wildman–Crippen LogP) is 2.40. The smallest absolute Gasteiger partial charge is 0.102 e. The summed E-state index contributed by atoms with van der Waals surface area (Å²) in [7, 11) is 0. The monoisotopic (exact) mass is 339 g/mol. The van der Waals surface area contributed by atoms with Gasteiger partial charge in [0.05, 0.1) is 6.61 Å². The summed E-state index contributed by atoms with van der Waals surface area (Å²) in [5.41, 5.74) is 8.92. The topological polar surface area (TPSA) is 45.3 Å². The number of thioether (sulfide) groups is 1. The summed E-state index contributed by atoms with van der Waals surface area (Å²) in [5.74, 6) is 0.879. The van der Waals surface area contributed by atoms with Crippen LogP contribution in [0.4, 0.5) is 0 Å². The predicted molar refractivity (Wildman–Crippen MR) is 91.6 cm³/mol. The molecular weight excluding hydrogens is 318 g/mol. The van der Waals surface area contributed by atoms with Crippen molar-refractivity contribution in [2.75, 3.05) is 18.9 Å². The molecule has 120 valence electrons. The van der Waals surface area contributed by atoms with Crippen molar-refractivity contribution in [1.82, 2.24) is 16.2 Å². The summed E-state index contributed by atoms with van der Waals surface area (Å²) >= 11 is 8.14. The van der Waals surface area contributed by atoms with Gasteiger partial charge >= 0.3 is 0 Å². The van der Waals surface area contributed by atoms with Crippen LogP contribution in [-0.2, 0) is 4.74 Å². The number of hydrogen-bond donors (Lipinski definition) is 3. The van der Waals surface area contributed by atoms with Gasteiger partial charge in [0, 0.05) is 46.9 Å². The average Bonchev–Trinajstić information content (AvgIpc) is 3.00. The molecule has 1 spiro atoms. The van der Waals surface area contributed by atoms with Gasteiger partial charge in [0.1, 0.15) is 5.60 Å². The van der Waals surface area contributed by atoms with Crippen LogP contribution < -0.4 is 16.2 Å². The average molecular weight is 340 g/mol. The van der Waals surface area contributed by atoms with Crippen molar-refractivity contribution in [2.24, 2.45) is 0 Å². The Morgan fingerprint density at radius 2 is 2.32 bits per heavy atom. The number of nitrogens with one attached hydrogen (secondary N) is 3. The second kappa shape index (κ2) is 5.87. The molecule has 0 radical (unpaired) electrons. The van der Waals surface area contributed by atoms with Gasteiger partial charge in [-0.3, -0.25) is 0 Å². The van der Waals surface area contributed by atoms with E-state index in [0.717, 1.165) is 43.2 Å². The Labute approximate surface area is 140 Å². The number of halogens is 1. The number of rotatable bonds is 1. The third kappa shape index (κ3) is 2.63. The normalized spacial score (nSPS) is 38.5. The van der Waals surface area contributed by atoms with Crippen LogP contribution in [-0.4, -0.2) is 36.6 Å². The van der Waals surface area contributed by atoms with Gasteiger partial charge in [0.2, 0.25) is 0 Å². The van der Waals surface area contributed by atoms with Gasteiger partial charge in [0.15, 0.2) is 0 Å². The number of fused-ring (bicyclic) bond motifs is 1. The van der Waals surface area contributed by atoms with E-state index in [2.05, 4.69) is 35.4 Å². The largest absolute Gasteiger partial charge is 0.369 e. The molecule has 4 heterocycles. The lowest BCUT2D eigenvalue weighted by Crippen LogP contribution is -2.56. The molecule has 4 aliphatic rings. The summed E-state index contributed by atoms with van der Waals surface area (Å²) in [6, 6.07) is 0.800. The van der Waals surface area contributed by atoms with Gasteiger partial charge in [-0.2, -0.15) is 0 Å². The zero-order valence-corrected chi connectivity index (χ0v) is 14.3. The first-order valence-electron chi connectivity index (χ1n) is 7.96. The van der Waals surface area contributed by atoms with Crippen molar-refractivity contribution < 1.29 is 4.74 Å². The highest BCUT2D eigenvalue weighted by Gasteiger charge is 2.47. The van der Waals surface area contributed by atoms with E-state index in [0.29, 0.717) is 12.1 Å². The second-order valence-electron chi connectivity index (χ2n) is 6.57. The van der Waals surface area contributed by atoms with Crippen LogP contribution in [0.1, 0.15) is 26.2 Å². The van der Waals surface area contributed by atoms with Crippen LogP contribution >= 0.6 is 23.4 Å². The highest BCUT2D eigenvalue weighted by atomic mass is 35.5. The Bertz CT molecular complexity index is 574. The van der Waals surface area contributed by atoms with E-state index in [4.69, 9.17) is 16.3 Å². The van der Waals surface area contributed by atoms with Crippen LogP contribution in [0.5, 0.6) is 0 Å². The number of ether oxygens (including phenoxy) is 1. The zero-order chi connectivity index (χ0) is 15.2. The molecule has 0 bridgehead atoms. The minimum absolute atomic E-state index is 0.134. The highest BCUT2D eigenvalue weighted by molar-refractivity contribution is 8.03. The van der Waals surface area contributed by atoms with E-state index in [1.807, 2.05) is 11.8 Å². The molecule has 0 unspecified atom stereocenters. The van der Waals surface area contributed by atoms with E-state index in [1.165, 1.54) is 16.1 Å². The van der Waals surface area contributed by atoms with E-state index < -0.39 is 0 Å². The SMILES string of the molecule is C[C@H]1C[C@@]2(C[C@@H](C3=CNNC3)N1)OCCC1=C2SCC(Cl)=C1. The third-order valence-electron chi connectivity index (χ3n) is 4.90. The van der Waals surface area contributed by atoms with Gasteiger partial charge in [-0.1, -0.05) is 11.6 Å². The summed E-state index contributed by atoms with van der Waals surface area (Å²) in [6.07, 6.45) is 7.29. The number of hydrazine groups is 1. The van der Waals surface area contributed by atoms with E-state index in [-0.39, 0.29) is 5.60 Å². The molecule has 1 saturated heterocycles. The second-order valence-corrected chi connectivity index (χ2v) is 8.04. The summed E-state index contributed by atoms with van der Waals surface area (Å²) in [6.45, 7) is 3.96. The van der Waals surface area contributed by atoms with Crippen LogP contribution in [0.25, 0.3) is 0 Å². The fourth-order valence-corrected chi connectivity index (χ4v) is 5.54. The first kappa shape index (κ1) is 15.1. The maximum Gasteiger partial charge on any atom is 0.102 e. The molecular formula is C16H22ClN3OS. The van der Waals surface area contributed by atoms with Gasteiger partial charge in [0.25, 0.3) is 0 Å². The maximum absolute atomic E-state index is 6.41. The lowest BCUT2D eigenvalue weighted by molar-refractivity contribution is -0.0545. The minimum Gasteiger partial charge on any atom is -0.369 e. The summed E-state index contributed by atoms with van der Waals surface area (Å²) in [4.78, 5) is 1.43.